The van der Waals surface area contributed by atoms with Crippen molar-refractivity contribution in [3.05, 3.63) is 86.2 Å². The number of anilines is 3. The molecule has 0 bridgehead atoms. The Morgan fingerprint density at radius 3 is 2.03 bits per heavy atom. The predicted molar refractivity (Wildman–Crippen MR) is 111 cm³/mol. The van der Waals surface area contributed by atoms with Gasteiger partial charge in [-0.05, 0) is 31.2 Å². The zero-order valence-corrected chi connectivity index (χ0v) is 16.0. The van der Waals surface area contributed by atoms with Crippen molar-refractivity contribution >= 4 is 34.6 Å². The van der Waals surface area contributed by atoms with E-state index in [1.807, 2.05) is 6.92 Å². The van der Waals surface area contributed by atoms with Crippen LogP contribution in [0.5, 0.6) is 0 Å². The number of hydrazine groups is 2. The van der Waals surface area contributed by atoms with Gasteiger partial charge in [0.1, 0.15) is 6.33 Å². The Kier molecular flexibility index (Phi) is 6.16. The molecule has 13 nitrogen and oxygen atoms in total. The second-order valence-corrected chi connectivity index (χ2v) is 6.18. The molecule has 0 aliphatic heterocycles. The molecule has 1 amide bonds. The fraction of sp³-hybridized carbons (Fsp3) is 0.0556. The van der Waals surface area contributed by atoms with Gasteiger partial charge in [-0.25, -0.2) is 9.97 Å². The van der Waals surface area contributed by atoms with Crippen LogP contribution in [0.25, 0.3) is 0 Å². The topological polar surface area (TPSA) is 177 Å². The number of carbonyl (C=O) groups is 1. The van der Waals surface area contributed by atoms with E-state index < -0.39 is 21.4 Å². The largest absolute Gasteiger partial charge is 0.356 e. The van der Waals surface area contributed by atoms with E-state index in [1.165, 1.54) is 24.3 Å². The first-order valence-electron chi connectivity index (χ1n) is 8.74. The van der Waals surface area contributed by atoms with Crippen molar-refractivity contribution in [2.45, 2.75) is 6.92 Å². The summed E-state index contributed by atoms with van der Waals surface area (Å²) in [6.07, 6.45) is 1.06. The van der Waals surface area contributed by atoms with Gasteiger partial charge in [-0.1, -0.05) is 17.7 Å². The van der Waals surface area contributed by atoms with E-state index >= 15 is 0 Å². The zero-order chi connectivity index (χ0) is 22.4. The van der Waals surface area contributed by atoms with Gasteiger partial charge >= 0.3 is 5.69 Å². The molecule has 3 rings (SSSR count). The van der Waals surface area contributed by atoms with Gasteiger partial charge in [-0.2, -0.15) is 0 Å². The molecule has 158 valence electrons. The number of hydrogen-bond acceptors (Lipinski definition) is 10. The highest BCUT2D eigenvalue weighted by Crippen LogP contribution is 2.28. The number of nitrogens with zero attached hydrogens (tertiary/aromatic N) is 4. The Hall–Kier alpha value is -4.81. The molecule has 1 aromatic heterocycles. The lowest BCUT2D eigenvalue weighted by Crippen LogP contribution is -2.30. The quantitative estimate of drug-likeness (QED) is 0.310. The third-order valence-corrected chi connectivity index (χ3v) is 4.02. The van der Waals surface area contributed by atoms with E-state index in [9.17, 15) is 25.0 Å². The number of nitro groups is 2. The molecule has 0 aliphatic carbocycles. The van der Waals surface area contributed by atoms with Crippen molar-refractivity contribution in [3.63, 3.8) is 0 Å². The van der Waals surface area contributed by atoms with Crippen LogP contribution in [0.4, 0.5) is 28.7 Å². The van der Waals surface area contributed by atoms with Gasteiger partial charge in [0.25, 0.3) is 11.6 Å². The average Bonchev–Trinajstić information content (AvgIpc) is 2.76. The molecule has 2 aromatic carbocycles. The Balaban J connectivity index is 1.72. The summed E-state index contributed by atoms with van der Waals surface area (Å²) in [6.45, 7) is 1.88. The molecule has 0 radical (unpaired) electrons. The maximum atomic E-state index is 12.2. The van der Waals surface area contributed by atoms with Crippen molar-refractivity contribution in [1.82, 2.24) is 15.4 Å². The van der Waals surface area contributed by atoms with E-state index in [1.54, 1.807) is 24.3 Å². The van der Waals surface area contributed by atoms with Crippen molar-refractivity contribution in [3.8, 4) is 0 Å². The van der Waals surface area contributed by atoms with Crippen molar-refractivity contribution in [2.24, 2.45) is 0 Å². The summed E-state index contributed by atoms with van der Waals surface area (Å²) in [7, 11) is 0. The first kappa shape index (κ1) is 20.9. The number of amides is 1. The van der Waals surface area contributed by atoms with E-state index in [-0.39, 0.29) is 17.3 Å². The van der Waals surface area contributed by atoms with Crippen molar-refractivity contribution < 1.29 is 14.6 Å². The molecule has 3 aromatic rings. The zero-order valence-electron chi connectivity index (χ0n) is 16.0. The van der Waals surface area contributed by atoms with Gasteiger partial charge < -0.3 is 0 Å². The number of rotatable bonds is 8. The van der Waals surface area contributed by atoms with Gasteiger partial charge in [0.2, 0.25) is 11.6 Å². The van der Waals surface area contributed by atoms with Crippen LogP contribution < -0.4 is 21.7 Å². The number of nitro benzene ring substituents is 1. The van der Waals surface area contributed by atoms with Crippen molar-refractivity contribution in [1.29, 1.82) is 0 Å². The fourth-order valence-electron chi connectivity index (χ4n) is 2.43. The van der Waals surface area contributed by atoms with Gasteiger partial charge in [-0.3, -0.25) is 46.7 Å². The SMILES string of the molecule is Cc1ccc(C(=O)NNc2ncnc(NNc3ccc([N+](=O)[O-])cc3)c2[N+](=O)[O-])cc1. The minimum atomic E-state index is -0.722. The number of aryl methyl sites for hydroxylation is 1. The monoisotopic (exact) mass is 424 g/mol. The molecular formula is C18H16N8O5. The van der Waals surface area contributed by atoms with Crippen LogP contribution in [-0.2, 0) is 0 Å². The van der Waals surface area contributed by atoms with Crippen LogP contribution in [-0.4, -0.2) is 25.7 Å². The number of nitrogens with one attached hydrogen (secondary N) is 4. The summed E-state index contributed by atoms with van der Waals surface area (Å²) < 4.78 is 0. The first-order valence-corrected chi connectivity index (χ1v) is 8.74. The minimum Gasteiger partial charge on any atom is -0.299 e. The van der Waals surface area contributed by atoms with Gasteiger partial charge in [0.15, 0.2) is 0 Å². The molecule has 0 saturated heterocycles. The highest BCUT2D eigenvalue weighted by molar-refractivity contribution is 5.95. The van der Waals surface area contributed by atoms with Crippen LogP contribution >= 0.6 is 0 Å². The Morgan fingerprint density at radius 2 is 1.45 bits per heavy atom. The molecule has 0 saturated carbocycles. The van der Waals surface area contributed by atoms with E-state index in [0.717, 1.165) is 11.9 Å². The molecule has 0 atom stereocenters. The Morgan fingerprint density at radius 1 is 0.839 bits per heavy atom. The fourth-order valence-corrected chi connectivity index (χ4v) is 2.43. The van der Waals surface area contributed by atoms with Crippen LogP contribution in [0.2, 0.25) is 0 Å². The molecule has 0 spiro atoms. The summed E-state index contributed by atoms with van der Waals surface area (Å²) in [6, 6.07) is 12.1. The maximum absolute atomic E-state index is 12.2. The molecule has 0 aliphatic rings. The van der Waals surface area contributed by atoms with Gasteiger partial charge in [0, 0.05) is 17.7 Å². The molecule has 1 heterocycles. The minimum absolute atomic E-state index is 0.102. The highest BCUT2D eigenvalue weighted by atomic mass is 16.6. The number of non-ortho nitro benzene ring substituents is 1. The summed E-state index contributed by atoms with van der Waals surface area (Å²) in [4.78, 5) is 40.8. The number of benzene rings is 2. The molecular weight excluding hydrogens is 408 g/mol. The van der Waals surface area contributed by atoms with E-state index in [2.05, 4.69) is 31.7 Å². The number of hydrogen-bond donors (Lipinski definition) is 4. The van der Waals surface area contributed by atoms with Crippen molar-refractivity contribution in [2.75, 3.05) is 16.3 Å². The molecule has 0 fully saturated rings. The molecule has 13 heteroatoms. The predicted octanol–water partition coefficient (Wildman–Crippen LogP) is 2.80. The lowest BCUT2D eigenvalue weighted by molar-refractivity contribution is -0.384. The number of carbonyl (C=O) groups excluding carboxylic acids is 1. The number of aromatic nitrogens is 2. The van der Waals surface area contributed by atoms with Gasteiger partial charge in [0.05, 0.1) is 15.5 Å². The normalized spacial score (nSPS) is 10.1. The second kappa shape index (κ2) is 9.13. The molecule has 4 N–H and O–H groups in total. The van der Waals surface area contributed by atoms with Crippen LogP contribution in [0.3, 0.4) is 0 Å². The van der Waals surface area contributed by atoms with Crippen LogP contribution in [0, 0.1) is 27.2 Å². The Bertz CT molecular complexity index is 1120. The second-order valence-electron chi connectivity index (χ2n) is 6.18. The summed E-state index contributed by atoms with van der Waals surface area (Å²) in [5.41, 5.74) is 11.1. The lowest BCUT2D eigenvalue weighted by atomic mass is 10.1. The summed E-state index contributed by atoms with van der Waals surface area (Å²) >= 11 is 0. The van der Waals surface area contributed by atoms with Gasteiger partial charge in [-0.15, -0.1) is 0 Å². The van der Waals surface area contributed by atoms with Crippen LogP contribution in [0.15, 0.2) is 54.9 Å². The summed E-state index contributed by atoms with van der Waals surface area (Å²) in [5.74, 6) is -0.940. The standard InChI is InChI=1S/C18H16N8O5/c1-11-2-4-12(5-3-11)18(27)24-23-17-15(26(30)31)16(19-10-20-17)22-21-13-6-8-14(9-7-13)25(28)29/h2-10,21H,1H3,(H,24,27)(H2,19,20,22,23). The smallest absolute Gasteiger partial charge is 0.299 e. The van der Waals surface area contributed by atoms with Crippen LogP contribution in [0.1, 0.15) is 15.9 Å². The summed E-state index contributed by atoms with van der Waals surface area (Å²) in [5, 5.41) is 22.3. The highest BCUT2D eigenvalue weighted by Gasteiger charge is 2.23. The lowest BCUT2D eigenvalue weighted by Gasteiger charge is -2.12. The van der Waals surface area contributed by atoms with E-state index in [4.69, 9.17) is 0 Å². The third kappa shape index (κ3) is 5.17. The molecule has 31 heavy (non-hydrogen) atoms. The van der Waals surface area contributed by atoms with E-state index in [0.29, 0.717) is 11.3 Å². The third-order valence-electron chi connectivity index (χ3n) is 4.02. The molecule has 0 unspecified atom stereocenters. The first-order chi connectivity index (χ1) is 14.8. The maximum Gasteiger partial charge on any atom is 0.356 e. The average molecular weight is 424 g/mol. The Labute approximate surface area is 174 Å².